The molecule has 0 saturated heterocycles. The fourth-order valence-electron chi connectivity index (χ4n) is 2.00. The van der Waals surface area contributed by atoms with Crippen LogP contribution < -0.4 is 17.2 Å². The molecule has 1 unspecified atom stereocenters. The van der Waals surface area contributed by atoms with E-state index in [0.717, 1.165) is 0 Å². The van der Waals surface area contributed by atoms with Crippen LogP contribution in [0.4, 0.5) is 0 Å². The molecule has 6 N–H and O–H groups in total. The second kappa shape index (κ2) is 8.04. The van der Waals surface area contributed by atoms with Gasteiger partial charge in [-0.1, -0.05) is 12.2 Å². The number of hydrogen-bond donors (Lipinski definition) is 3. The Labute approximate surface area is 123 Å². The fraction of sp³-hybridized carbons (Fsp3) is 0.692. The lowest BCUT2D eigenvalue weighted by Gasteiger charge is -2.48. The van der Waals surface area contributed by atoms with Gasteiger partial charge in [0.15, 0.2) is 5.29 Å². The normalized spacial score (nSPS) is 15.7. The minimum atomic E-state index is -3.41. The van der Waals surface area contributed by atoms with Gasteiger partial charge in [0.1, 0.15) is 0 Å². The van der Waals surface area contributed by atoms with E-state index in [2.05, 4.69) is 13.2 Å². The summed E-state index contributed by atoms with van der Waals surface area (Å²) < 4.78 is 17.3. The molecule has 0 aliphatic rings. The van der Waals surface area contributed by atoms with Crippen LogP contribution in [0, 0.1) is 0 Å². The molecule has 0 aliphatic heterocycles. The summed E-state index contributed by atoms with van der Waals surface area (Å²) in [6.45, 7) is 14.0. The van der Waals surface area contributed by atoms with Crippen molar-refractivity contribution in [2.45, 2.75) is 38.0 Å². The van der Waals surface area contributed by atoms with E-state index in [-0.39, 0.29) is 0 Å². The maximum absolute atomic E-state index is 6.35. The summed E-state index contributed by atoms with van der Waals surface area (Å²) in [4.78, 5) is 0. The summed E-state index contributed by atoms with van der Waals surface area (Å²) >= 11 is 0. The molecule has 6 nitrogen and oxygen atoms in total. The molecule has 0 aromatic rings. The van der Waals surface area contributed by atoms with Crippen LogP contribution in [0.1, 0.15) is 27.2 Å². The van der Waals surface area contributed by atoms with Crippen LogP contribution in [0.15, 0.2) is 25.3 Å². The van der Waals surface area contributed by atoms with Crippen molar-refractivity contribution < 1.29 is 13.3 Å². The van der Waals surface area contributed by atoms with Crippen molar-refractivity contribution in [2.24, 2.45) is 17.2 Å². The summed E-state index contributed by atoms with van der Waals surface area (Å²) in [7, 11) is -3.41. The Bertz CT molecular complexity index is 309. The van der Waals surface area contributed by atoms with Crippen molar-refractivity contribution >= 4 is 8.80 Å². The van der Waals surface area contributed by atoms with Gasteiger partial charge in [-0.2, -0.15) is 0 Å². The van der Waals surface area contributed by atoms with Crippen LogP contribution in [0.5, 0.6) is 0 Å². The second-order valence-corrected chi connectivity index (χ2v) is 7.27. The Morgan fingerprint density at radius 1 is 0.950 bits per heavy atom. The number of rotatable bonds is 11. The smallest absolute Gasteiger partial charge is 0.372 e. The van der Waals surface area contributed by atoms with Crippen LogP contribution in [-0.4, -0.2) is 39.5 Å². The highest BCUT2D eigenvalue weighted by atomic mass is 28.4. The van der Waals surface area contributed by atoms with Gasteiger partial charge in [0, 0.05) is 19.8 Å². The molecule has 20 heavy (non-hydrogen) atoms. The molecule has 1 atom stereocenters. The highest BCUT2D eigenvalue weighted by molar-refractivity contribution is 6.64. The minimum Gasteiger partial charge on any atom is -0.372 e. The van der Waals surface area contributed by atoms with Crippen molar-refractivity contribution in [3.05, 3.63) is 25.3 Å². The third-order valence-corrected chi connectivity index (χ3v) is 6.61. The summed E-state index contributed by atoms with van der Waals surface area (Å²) in [5.74, 6) is 0. The average Bonchev–Trinajstić information content (AvgIpc) is 2.39. The van der Waals surface area contributed by atoms with E-state index < -0.39 is 19.6 Å². The first-order chi connectivity index (χ1) is 9.30. The molecule has 0 spiro atoms. The third-order valence-electron chi connectivity index (χ3n) is 3.13. The van der Waals surface area contributed by atoms with Gasteiger partial charge in [0.2, 0.25) is 0 Å². The fourth-order valence-corrected chi connectivity index (χ4v) is 4.88. The first kappa shape index (κ1) is 19.5. The molecule has 0 saturated carbocycles. The Morgan fingerprint density at radius 3 is 1.60 bits per heavy atom. The molecule has 0 bridgehead atoms. The predicted octanol–water partition coefficient (Wildman–Crippen LogP) is 0.647. The molecule has 0 aromatic heterocycles. The molecule has 0 amide bonds. The maximum atomic E-state index is 6.35. The molecule has 0 fully saturated rings. The van der Waals surface area contributed by atoms with Crippen molar-refractivity contribution in [1.29, 1.82) is 0 Å². The molecule has 0 heterocycles. The summed E-state index contributed by atoms with van der Waals surface area (Å²) in [5.41, 5.74) is 17.9. The monoisotopic (exact) mass is 303 g/mol. The largest absolute Gasteiger partial charge is 0.539 e. The van der Waals surface area contributed by atoms with Gasteiger partial charge in [-0.3, -0.25) is 0 Å². The molecular formula is C13H29N3O3Si. The lowest BCUT2D eigenvalue weighted by atomic mass is 9.93. The van der Waals surface area contributed by atoms with E-state index in [9.17, 15) is 0 Å². The first-order valence-electron chi connectivity index (χ1n) is 6.83. The molecular weight excluding hydrogens is 274 g/mol. The number of hydrogen-bond acceptors (Lipinski definition) is 6. The maximum Gasteiger partial charge on any atom is 0.539 e. The lowest BCUT2D eigenvalue weighted by molar-refractivity contribution is 0.0342. The Balaban J connectivity index is 5.80. The van der Waals surface area contributed by atoms with E-state index >= 15 is 0 Å². The zero-order valence-electron chi connectivity index (χ0n) is 12.9. The first-order valence-corrected chi connectivity index (χ1v) is 8.56. The van der Waals surface area contributed by atoms with Gasteiger partial charge in [-0.15, -0.1) is 13.2 Å². The highest BCUT2D eigenvalue weighted by Gasteiger charge is 2.65. The van der Waals surface area contributed by atoms with Crippen molar-refractivity contribution in [3.8, 4) is 0 Å². The van der Waals surface area contributed by atoms with Gasteiger partial charge in [0.25, 0.3) is 0 Å². The summed E-state index contributed by atoms with van der Waals surface area (Å²) in [6.07, 6.45) is 3.48. The van der Waals surface area contributed by atoms with Crippen LogP contribution in [0.2, 0.25) is 0 Å². The predicted molar refractivity (Wildman–Crippen MR) is 83.7 cm³/mol. The minimum absolute atomic E-state index is 0.339. The van der Waals surface area contributed by atoms with Gasteiger partial charge in [0.05, 0.1) is 5.54 Å². The van der Waals surface area contributed by atoms with Gasteiger partial charge in [-0.05, 0) is 27.2 Å². The average molecular weight is 303 g/mol. The third kappa shape index (κ3) is 3.56. The number of nitrogens with two attached hydrogens (primary N) is 3. The van der Waals surface area contributed by atoms with Crippen molar-refractivity contribution in [3.63, 3.8) is 0 Å². The van der Waals surface area contributed by atoms with Crippen LogP contribution in [0.25, 0.3) is 0 Å². The van der Waals surface area contributed by atoms with Gasteiger partial charge >= 0.3 is 8.80 Å². The second-order valence-electron chi connectivity index (χ2n) is 4.46. The molecule has 0 rings (SSSR count). The Hall–Kier alpha value is -0.543. The Morgan fingerprint density at radius 2 is 1.35 bits per heavy atom. The molecule has 0 radical (unpaired) electrons. The topological polar surface area (TPSA) is 106 Å². The summed E-state index contributed by atoms with van der Waals surface area (Å²) in [5, 5.41) is -1.52. The molecule has 118 valence electrons. The van der Waals surface area contributed by atoms with E-state index in [0.29, 0.717) is 26.2 Å². The SMILES string of the molecule is C=CCC(N)(C=C)C(N)(N)[Si](OCC)(OCC)OCC. The van der Waals surface area contributed by atoms with Crippen molar-refractivity contribution in [2.75, 3.05) is 19.8 Å². The van der Waals surface area contributed by atoms with Gasteiger partial charge in [-0.25, -0.2) is 0 Å². The molecule has 0 aliphatic carbocycles. The van der Waals surface area contributed by atoms with Crippen LogP contribution >= 0.6 is 0 Å². The Kier molecular flexibility index (Phi) is 7.82. The summed E-state index contributed by atoms with van der Waals surface area (Å²) in [6, 6.07) is 0. The van der Waals surface area contributed by atoms with Crippen LogP contribution in [0.3, 0.4) is 0 Å². The van der Waals surface area contributed by atoms with E-state index in [4.69, 9.17) is 30.5 Å². The molecule has 0 aromatic carbocycles. The van der Waals surface area contributed by atoms with E-state index in [1.165, 1.54) is 6.08 Å². The van der Waals surface area contributed by atoms with E-state index in [1.807, 2.05) is 20.8 Å². The lowest BCUT2D eigenvalue weighted by Crippen LogP contribution is -2.85. The quantitative estimate of drug-likeness (QED) is 0.294. The van der Waals surface area contributed by atoms with Crippen molar-refractivity contribution in [1.82, 2.24) is 0 Å². The van der Waals surface area contributed by atoms with E-state index in [1.54, 1.807) is 6.08 Å². The highest BCUT2D eigenvalue weighted by Crippen LogP contribution is 2.30. The van der Waals surface area contributed by atoms with Gasteiger partial charge < -0.3 is 30.5 Å². The standard InChI is InChI=1S/C13H29N3O3Si/c1-6-11-12(14,7-2)13(15,16)20(17-8-3,18-9-4)19-10-5/h6-7H,1-2,8-11,14-16H2,3-5H3. The zero-order chi connectivity index (χ0) is 15.9. The molecule has 7 heteroatoms. The zero-order valence-corrected chi connectivity index (χ0v) is 13.9. The van der Waals surface area contributed by atoms with Crippen LogP contribution in [-0.2, 0) is 13.3 Å².